The molecule has 1 atom stereocenters. The number of rotatable bonds is 6. The van der Waals surface area contributed by atoms with Crippen LogP contribution in [0.1, 0.15) is 28.4 Å². The Morgan fingerprint density at radius 2 is 1.66 bits per heavy atom. The van der Waals surface area contributed by atoms with Crippen LogP contribution in [0.4, 0.5) is 29.3 Å². The normalized spacial score (nSPS) is 16.2. The first kappa shape index (κ1) is 26.8. The van der Waals surface area contributed by atoms with E-state index in [-0.39, 0.29) is 17.8 Å². The van der Waals surface area contributed by atoms with E-state index in [0.29, 0.717) is 23.4 Å². The summed E-state index contributed by atoms with van der Waals surface area (Å²) in [4.78, 5) is 44.0. The number of aryl methyl sites for hydroxylation is 1. The van der Waals surface area contributed by atoms with Gasteiger partial charge in [0.05, 0.1) is 16.1 Å². The summed E-state index contributed by atoms with van der Waals surface area (Å²) in [6.07, 6.45) is 2.77. The highest BCUT2D eigenvalue weighted by molar-refractivity contribution is 7.92. The van der Waals surface area contributed by atoms with E-state index in [4.69, 9.17) is 0 Å². The number of sulfone groups is 1. The number of imide groups is 1. The van der Waals surface area contributed by atoms with Gasteiger partial charge >= 0.3 is 11.5 Å². The Labute approximate surface area is 215 Å². The molecular weight excluding hydrogens is 525 g/mol. The fourth-order valence-corrected chi connectivity index (χ4v) is 4.60. The molecule has 4 rings (SSSR count). The monoisotopic (exact) mass is 546 g/mol. The molecule has 2 aromatic carbocycles. The summed E-state index contributed by atoms with van der Waals surface area (Å²) >= 11 is 0. The second-order valence-corrected chi connectivity index (χ2v) is 10.5. The van der Waals surface area contributed by atoms with E-state index in [0.717, 1.165) is 22.6 Å². The molecule has 4 amide bonds. The second kappa shape index (κ2) is 9.89. The Morgan fingerprint density at radius 1 is 1.03 bits per heavy atom. The van der Waals surface area contributed by atoms with Crippen molar-refractivity contribution in [1.82, 2.24) is 9.88 Å². The van der Waals surface area contributed by atoms with Crippen LogP contribution in [0.3, 0.4) is 0 Å². The standard InChI is InChI=1S/C25H21F3N4O5S/c1-15-3-5-18(6-4-15)30-22(33)21-13-29-12-11-17(21)14-31-16(2)23(34)32(24(31)35)19-7-9-20(10-8-19)38(36,37)25(26,27)28/h3-13,16H,14H2,1-2H3,(H,30,33). The van der Waals surface area contributed by atoms with Gasteiger partial charge in [-0.25, -0.2) is 18.1 Å². The Hall–Kier alpha value is -4.26. The van der Waals surface area contributed by atoms with Gasteiger partial charge in [0.15, 0.2) is 0 Å². The number of aromatic nitrogens is 1. The van der Waals surface area contributed by atoms with Gasteiger partial charge in [0.1, 0.15) is 6.04 Å². The number of alkyl halides is 3. The summed E-state index contributed by atoms with van der Waals surface area (Å²) in [7, 11) is -5.59. The average Bonchev–Trinajstić information content (AvgIpc) is 3.08. The average molecular weight is 547 g/mol. The molecule has 9 nitrogen and oxygen atoms in total. The summed E-state index contributed by atoms with van der Waals surface area (Å²) in [5.74, 6) is -1.14. The first-order chi connectivity index (χ1) is 17.8. The van der Waals surface area contributed by atoms with Crippen LogP contribution in [0.2, 0.25) is 0 Å². The van der Waals surface area contributed by atoms with Crippen LogP contribution >= 0.6 is 0 Å². The molecule has 0 spiro atoms. The Kier molecular flexibility index (Phi) is 6.98. The molecule has 0 saturated carbocycles. The molecule has 3 aromatic rings. The first-order valence-electron chi connectivity index (χ1n) is 11.2. The summed E-state index contributed by atoms with van der Waals surface area (Å²) in [6.45, 7) is 3.24. The maximum atomic E-state index is 13.2. The van der Waals surface area contributed by atoms with Crippen molar-refractivity contribution in [3.63, 3.8) is 0 Å². The molecule has 13 heteroatoms. The predicted molar refractivity (Wildman–Crippen MR) is 131 cm³/mol. The van der Waals surface area contributed by atoms with Gasteiger partial charge in [0.2, 0.25) is 0 Å². The quantitative estimate of drug-likeness (QED) is 0.461. The zero-order valence-corrected chi connectivity index (χ0v) is 20.9. The Balaban J connectivity index is 1.56. The molecule has 0 bridgehead atoms. The lowest BCUT2D eigenvalue weighted by Crippen LogP contribution is -2.34. The van der Waals surface area contributed by atoms with Gasteiger partial charge < -0.3 is 10.2 Å². The maximum Gasteiger partial charge on any atom is 0.501 e. The number of nitrogens with one attached hydrogen (secondary N) is 1. The van der Waals surface area contributed by atoms with Gasteiger partial charge in [-0.1, -0.05) is 17.7 Å². The van der Waals surface area contributed by atoms with Crippen LogP contribution in [0.5, 0.6) is 0 Å². The molecule has 0 radical (unpaired) electrons. The van der Waals surface area contributed by atoms with Gasteiger partial charge in [0.25, 0.3) is 21.7 Å². The van der Waals surface area contributed by atoms with E-state index < -0.39 is 44.1 Å². The predicted octanol–water partition coefficient (Wildman–Crippen LogP) is 4.29. The maximum absolute atomic E-state index is 13.2. The van der Waals surface area contributed by atoms with Crippen molar-refractivity contribution in [1.29, 1.82) is 0 Å². The fourth-order valence-electron chi connectivity index (χ4n) is 3.84. The van der Waals surface area contributed by atoms with E-state index in [9.17, 15) is 36.0 Å². The Morgan fingerprint density at radius 3 is 2.26 bits per heavy atom. The van der Waals surface area contributed by atoms with Crippen molar-refractivity contribution >= 4 is 39.1 Å². The molecule has 2 heterocycles. The van der Waals surface area contributed by atoms with Crippen LogP contribution < -0.4 is 10.2 Å². The SMILES string of the molecule is Cc1ccc(NC(=O)c2cnccc2CN2C(=O)N(c3ccc(S(=O)(=O)C(F)(F)F)cc3)C(=O)C2C)cc1. The number of carbonyl (C=O) groups excluding carboxylic acids is 3. The molecule has 198 valence electrons. The summed E-state index contributed by atoms with van der Waals surface area (Å²) < 4.78 is 61.7. The molecule has 1 N–H and O–H groups in total. The summed E-state index contributed by atoms with van der Waals surface area (Å²) in [5.41, 5.74) is -3.43. The smallest absolute Gasteiger partial charge is 0.322 e. The number of pyridine rings is 1. The molecule has 1 saturated heterocycles. The van der Waals surface area contributed by atoms with E-state index in [1.807, 2.05) is 19.1 Å². The molecule has 1 fully saturated rings. The van der Waals surface area contributed by atoms with Gasteiger partial charge in [-0.3, -0.25) is 14.6 Å². The van der Waals surface area contributed by atoms with Crippen molar-refractivity contribution in [3.05, 3.63) is 83.7 Å². The zero-order chi connectivity index (χ0) is 27.8. The second-order valence-electron chi connectivity index (χ2n) is 8.56. The third-order valence-electron chi connectivity index (χ3n) is 6.00. The lowest BCUT2D eigenvalue weighted by Gasteiger charge is -2.21. The van der Waals surface area contributed by atoms with Gasteiger partial charge in [0, 0.05) is 24.6 Å². The fraction of sp³-hybridized carbons (Fsp3) is 0.200. The number of carbonyl (C=O) groups is 3. The van der Waals surface area contributed by atoms with E-state index in [2.05, 4.69) is 10.3 Å². The van der Waals surface area contributed by atoms with E-state index >= 15 is 0 Å². The van der Waals surface area contributed by atoms with Gasteiger partial charge in [-0.15, -0.1) is 0 Å². The molecule has 38 heavy (non-hydrogen) atoms. The third-order valence-corrected chi connectivity index (χ3v) is 7.50. The largest absolute Gasteiger partial charge is 0.501 e. The zero-order valence-electron chi connectivity index (χ0n) is 20.1. The third kappa shape index (κ3) is 4.96. The molecule has 1 aromatic heterocycles. The number of amides is 4. The highest BCUT2D eigenvalue weighted by Gasteiger charge is 2.47. The Bertz CT molecular complexity index is 1510. The molecular formula is C25H21F3N4O5S. The minimum atomic E-state index is -5.59. The first-order valence-corrected chi connectivity index (χ1v) is 12.7. The van der Waals surface area contributed by atoms with Gasteiger partial charge in [-0.05, 0) is 61.9 Å². The number of benzene rings is 2. The van der Waals surface area contributed by atoms with Crippen molar-refractivity contribution in [2.45, 2.75) is 36.8 Å². The lowest BCUT2D eigenvalue weighted by atomic mass is 10.1. The molecule has 0 aliphatic carbocycles. The van der Waals surface area contributed by atoms with Gasteiger partial charge in [-0.2, -0.15) is 13.2 Å². The minimum absolute atomic E-state index is 0.0949. The number of halogens is 3. The number of urea groups is 1. The molecule has 1 unspecified atom stereocenters. The van der Waals surface area contributed by atoms with Crippen molar-refractivity contribution in [3.8, 4) is 0 Å². The minimum Gasteiger partial charge on any atom is -0.322 e. The molecule has 1 aliphatic heterocycles. The summed E-state index contributed by atoms with van der Waals surface area (Å²) in [5, 5.41) is 2.76. The lowest BCUT2D eigenvalue weighted by molar-refractivity contribution is -0.119. The van der Waals surface area contributed by atoms with Crippen molar-refractivity contribution < 1.29 is 36.0 Å². The van der Waals surface area contributed by atoms with Crippen molar-refractivity contribution in [2.75, 3.05) is 10.2 Å². The van der Waals surface area contributed by atoms with Crippen LogP contribution in [-0.2, 0) is 21.2 Å². The number of hydrogen-bond donors (Lipinski definition) is 1. The van der Waals surface area contributed by atoms with Crippen LogP contribution in [0, 0.1) is 6.92 Å². The number of nitrogens with zero attached hydrogens (tertiary/aromatic N) is 3. The van der Waals surface area contributed by atoms with Crippen LogP contribution in [0.25, 0.3) is 0 Å². The van der Waals surface area contributed by atoms with Crippen molar-refractivity contribution in [2.24, 2.45) is 0 Å². The number of hydrogen-bond acceptors (Lipinski definition) is 6. The van der Waals surface area contributed by atoms with Crippen LogP contribution in [0.15, 0.2) is 71.9 Å². The van der Waals surface area contributed by atoms with E-state index in [1.165, 1.54) is 30.3 Å². The van der Waals surface area contributed by atoms with Crippen LogP contribution in [-0.4, -0.2) is 47.7 Å². The number of anilines is 2. The summed E-state index contributed by atoms with van der Waals surface area (Å²) in [6, 6.07) is 10.2. The highest BCUT2D eigenvalue weighted by atomic mass is 32.2. The molecule has 1 aliphatic rings. The topological polar surface area (TPSA) is 117 Å². The van der Waals surface area contributed by atoms with E-state index in [1.54, 1.807) is 12.1 Å². The highest BCUT2D eigenvalue weighted by Crippen LogP contribution is 2.33.